The summed E-state index contributed by atoms with van der Waals surface area (Å²) in [5.74, 6) is 0.416. The van der Waals surface area contributed by atoms with Gasteiger partial charge in [0.15, 0.2) is 4.96 Å². The minimum atomic E-state index is -0.260. The number of carbonyl (C=O) groups excluding carboxylic acids is 1. The van der Waals surface area contributed by atoms with Crippen LogP contribution < -0.4 is 0 Å². The maximum absolute atomic E-state index is 13.1. The molecule has 0 saturated carbocycles. The highest BCUT2D eigenvalue weighted by molar-refractivity contribution is 7.19. The first-order valence-electron chi connectivity index (χ1n) is 8.56. The molecule has 3 heterocycles. The van der Waals surface area contributed by atoms with Gasteiger partial charge in [-0.05, 0) is 49.9 Å². The second kappa shape index (κ2) is 6.26. The van der Waals surface area contributed by atoms with E-state index in [0.717, 1.165) is 46.3 Å². The Bertz CT molecular complexity index is 928. The van der Waals surface area contributed by atoms with Crippen molar-refractivity contribution in [2.45, 2.75) is 26.7 Å². The van der Waals surface area contributed by atoms with E-state index in [9.17, 15) is 9.18 Å². The summed E-state index contributed by atoms with van der Waals surface area (Å²) in [4.78, 5) is 21.0. The van der Waals surface area contributed by atoms with Gasteiger partial charge in [0.05, 0.1) is 5.69 Å². The molecule has 6 heteroatoms. The Morgan fingerprint density at radius 3 is 2.76 bits per heavy atom. The SMILES string of the molecule is Cc1c(C(=O)N2CCCC(C)C2)sc2nc(-c3ccc(F)cc3)cn12. The lowest BCUT2D eigenvalue weighted by molar-refractivity contribution is 0.0687. The van der Waals surface area contributed by atoms with Gasteiger partial charge >= 0.3 is 0 Å². The van der Waals surface area contributed by atoms with Crippen LogP contribution in [0.5, 0.6) is 0 Å². The first kappa shape index (κ1) is 16.3. The van der Waals surface area contributed by atoms with E-state index in [1.54, 1.807) is 12.1 Å². The summed E-state index contributed by atoms with van der Waals surface area (Å²) >= 11 is 1.43. The average Bonchev–Trinajstić information content (AvgIpc) is 3.15. The van der Waals surface area contributed by atoms with Gasteiger partial charge in [-0.25, -0.2) is 9.37 Å². The summed E-state index contributed by atoms with van der Waals surface area (Å²) in [6.07, 6.45) is 4.19. The van der Waals surface area contributed by atoms with Gasteiger partial charge in [0.1, 0.15) is 10.7 Å². The van der Waals surface area contributed by atoms with Crippen LogP contribution in [0.2, 0.25) is 0 Å². The normalized spacial score (nSPS) is 18.0. The molecule has 4 nitrogen and oxygen atoms in total. The molecule has 0 spiro atoms. The van der Waals surface area contributed by atoms with Gasteiger partial charge in [-0.2, -0.15) is 0 Å². The van der Waals surface area contributed by atoms with Gasteiger partial charge in [-0.3, -0.25) is 9.20 Å². The predicted molar refractivity (Wildman–Crippen MR) is 97.5 cm³/mol. The number of rotatable bonds is 2. The molecule has 0 aliphatic carbocycles. The lowest BCUT2D eigenvalue weighted by atomic mass is 10.0. The Morgan fingerprint density at radius 2 is 2.08 bits per heavy atom. The highest BCUT2D eigenvalue weighted by Crippen LogP contribution is 2.29. The van der Waals surface area contributed by atoms with Crippen molar-refractivity contribution in [3.8, 4) is 11.3 Å². The first-order chi connectivity index (χ1) is 12.0. The summed E-state index contributed by atoms with van der Waals surface area (Å²) < 4.78 is 15.1. The van der Waals surface area contributed by atoms with Crippen molar-refractivity contribution in [3.05, 3.63) is 46.9 Å². The molecule has 25 heavy (non-hydrogen) atoms. The van der Waals surface area contributed by atoms with Crippen LogP contribution in [0.25, 0.3) is 16.2 Å². The molecule has 0 radical (unpaired) electrons. The number of piperidine rings is 1. The molecular formula is C19H20FN3OS. The number of aromatic nitrogens is 2. The zero-order valence-corrected chi connectivity index (χ0v) is 15.1. The van der Waals surface area contributed by atoms with Crippen molar-refractivity contribution in [2.75, 3.05) is 13.1 Å². The number of amides is 1. The standard InChI is InChI=1S/C19H20FN3OS/c1-12-4-3-9-22(10-12)18(24)17-13(2)23-11-16(21-19(23)25-17)14-5-7-15(20)8-6-14/h5-8,11-12H,3-4,9-10H2,1-2H3. The molecule has 1 aromatic carbocycles. The Kier molecular flexibility index (Phi) is 4.07. The van der Waals surface area contributed by atoms with E-state index < -0.39 is 0 Å². The van der Waals surface area contributed by atoms with E-state index in [2.05, 4.69) is 11.9 Å². The molecule has 1 saturated heterocycles. The Labute approximate surface area is 149 Å². The number of fused-ring (bicyclic) bond motifs is 1. The molecule has 3 aromatic rings. The molecule has 0 N–H and O–H groups in total. The number of thiazole rings is 1. The maximum Gasteiger partial charge on any atom is 0.265 e. The summed E-state index contributed by atoms with van der Waals surface area (Å²) in [6.45, 7) is 5.83. The van der Waals surface area contributed by atoms with E-state index in [0.29, 0.717) is 5.92 Å². The molecule has 1 fully saturated rings. The van der Waals surface area contributed by atoms with E-state index >= 15 is 0 Å². The molecule has 1 aliphatic rings. The Balaban J connectivity index is 1.66. The van der Waals surface area contributed by atoms with Crippen LogP contribution in [-0.2, 0) is 0 Å². The fraction of sp³-hybridized carbons (Fsp3) is 0.368. The Hall–Kier alpha value is -2.21. The van der Waals surface area contributed by atoms with E-state index in [1.165, 1.54) is 29.9 Å². The minimum absolute atomic E-state index is 0.114. The largest absolute Gasteiger partial charge is 0.338 e. The first-order valence-corrected chi connectivity index (χ1v) is 9.38. The third-order valence-corrected chi connectivity index (χ3v) is 5.98. The van der Waals surface area contributed by atoms with Crippen molar-refractivity contribution in [2.24, 2.45) is 5.92 Å². The van der Waals surface area contributed by atoms with Crippen molar-refractivity contribution < 1.29 is 9.18 Å². The van der Waals surface area contributed by atoms with Gasteiger partial charge in [-0.1, -0.05) is 18.3 Å². The van der Waals surface area contributed by atoms with Gasteiger partial charge in [0.25, 0.3) is 5.91 Å². The average molecular weight is 357 g/mol. The van der Waals surface area contributed by atoms with E-state index in [1.807, 2.05) is 22.4 Å². The molecule has 1 atom stereocenters. The molecule has 0 bridgehead atoms. The van der Waals surface area contributed by atoms with Crippen LogP contribution in [0, 0.1) is 18.7 Å². The van der Waals surface area contributed by atoms with Crippen molar-refractivity contribution in [3.63, 3.8) is 0 Å². The quantitative estimate of drug-likeness (QED) is 0.682. The zero-order valence-electron chi connectivity index (χ0n) is 14.3. The number of imidazole rings is 1. The highest BCUT2D eigenvalue weighted by Gasteiger charge is 2.26. The fourth-order valence-corrected chi connectivity index (χ4v) is 4.50. The van der Waals surface area contributed by atoms with Crippen LogP contribution in [0.15, 0.2) is 30.5 Å². The van der Waals surface area contributed by atoms with Crippen LogP contribution in [0.4, 0.5) is 4.39 Å². The van der Waals surface area contributed by atoms with Crippen molar-refractivity contribution >= 4 is 22.2 Å². The van der Waals surface area contributed by atoms with Crippen LogP contribution in [0.1, 0.15) is 35.1 Å². The third-order valence-electron chi connectivity index (χ3n) is 4.84. The summed E-state index contributed by atoms with van der Waals surface area (Å²) in [6, 6.07) is 6.31. The smallest absolute Gasteiger partial charge is 0.265 e. The highest BCUT2D eigenvalue weighted by atomic mass is 32.1. The molecule has 2 aromatic heterocycles. The monoisotopic (exact) mass is 357 g/mol. The number of aryl methyl sites for hydroxylation is 1. The molecular weight excluding hydrogens is 337 g/mol. The number of benzene rings is 1. The van der Waals surface area contributed by atoms with Crippen LogP contribution in [0.3, 0.4) is 0 Å². The molecule has 130 valence electrons. The fourth-order valence-electron chi connectivity index (χ4n) is 3.43. The van der Waals surface area contributed by atoms with E-state index in [-0.39, 0.29) is 11.7 Å². The zero-order chi connectivity index (χ0) is 17.6. The number of carbonyl (C=O) groups is 1. The van der Waals surface area contributed by atoms with Gasteiger partial charge in [0, 0.05) is 30.5 Å². The topological polar surface area (TPSA) is 37.6 Å². The minimum Gasteiger partial charge on any atom is -0.338 e. The molecule has 1 aliphatic heterocycles. The number of nitrogens with zero attached hydrogens (tertiary/aromatic N) is 3. The second-order valence-electron chi connectivity index (χ2n) is 6.80. The lowest BCUT2D eigenvalue weighted by Crippen LogP contribution is -2.39. The van der Waals surface area contributed by atoms with Crippen LogP contribution >= 0.6 is 11.3 Å². The number of likely N-dealkylation sites (tertiary alicyclic amines) is 1. The van der Waals surface area contributed by atoms with Gasteiger partial charge in [-0.15, -0.1) is 0 Å². The third kappa shape index (κ3) is 2.95. The van der Waals surface area contributed by atoms with Gasteiger partial charge in [0.2, 0.25) is 0 Å². The summed E-state index contributed by atoms with van der Waals surface area (Å²) in [7, 11) is 0. The number of hydrogen-bond acceptors (Lipinski definition) is 3. The summed E-state index contributed by atoms with van der Waals surface area (Å²) in [5.41, 5.74) is 2.58. The van der Waals surface area contributed by atoms with E-state index in [4.69, 9.17) is 0 Å². The molecule has 1 unspecified atom stereocenters. The Morgan fingerprint density at radius 1 is 1.32 bits per heavy atom. The number of hydrogen-bond donors (Lipinski definition) is 0. The molecule has 1 amide bonds. The number of halogens is 1. The maximum atomic E-state index is 13.1. The molecule has 4 rings (SSSR count). The summed E-state index contributed by atoms with van der Waals surface area (Å²) in [5, 5.41) is 0. The lowest BCUT2D eigenvalue weighted by Gasteiger charge is -2.30. The second-order valence-corrected chi connectivity index (χ2v) is 7.78. The predicted octanol–water partition coefficient (Wildman–Crippen LogP) is 4.38. The van der Waals surface area contributed by atoms with Crippen LogP contribution in [-0.4, -0.2) is 33.3 Å². The van der Waals surface area contributed by atoms with Gasteiger partial charge < -0.3 is 4.90 Å². The van der Waals surface area contributed by atoms with Crippen molar-refractivity contribution in [1.82, 2.24) is 14.3 Å². The van der Waals surface area contributed by atoms with Crippen molar-refractivity contribution in [1.29, 1.82) is 0 Å².